The van der Waals surface area contributed by atoms with Gasteiger partial charge in [-0.1, -0.05) is 42.8 Å². The number of benzene rings is 2. The molecule has 0 heterocycles. The summed E-state index contributed by atoms with van der Waals surface area (Å²) in [6.07, 6.45) is 1.15. The van der Waals surface area contributed by atoms with E-state index in [2.05, 4.69) is 12.2 Å². The Balaban J connectivity index is 2.01. The molecule has 1 amide bonds. The Kier molecular flexibility index (Phi) is 5.84. The molecule has 0 saturated carbocycles. The lowest BCUT2D eigenvalue weighted by Crippen LogP contribution is -2.29. The van der Waals surface area contributed by atoms with E-state index in [4.69, 9.17) is 16.3 Å². The Morgan fingerprint density at radius 3 is 2.55 bits per heavy atom. The second-order valence-corrected chi connectivity index (χ2v) is 5.54. The summed E-state index contributed by atoms with van der Waals surface area (Å²) in [5.41, 5.74) is 1.98. The van der Waals surface area contributed by atoms with Gasteiger partial charge in [0.25, 0.3) is 0 Å². The van der Waals surface area contributed by atoms with Crippen LogP contribution in [0.2, 0.25) is 5.02 Å². The number of nitrogens with one attached hydrogen (secondary N) is 1. The lowest BCUT2D eigenvalue weighted by atomic mass is 10.0. The molecule has 2 rings (SSSR count). The van der Waals surface area contributed by atoms with Crippen LogP contribution in [0, 0.1) is 0 Å². The quantitative estimate of drug-likeness (QED) is 0.868. The van der Waals surface area contributed by atoms with Crippen molar-refractivity contribution in [3.05, 3.63) is 64.7 Å². The van der Waals surface area contributed by atoms with Crippen LogP contribution >= 0.6 is 11.6 Å². The highest BCUT2D eigenvalue weighted by atomic mass is 35.5. The summed E-state index contributed by atoms with van der Waals surface area (Å²) in [4.78, 5) is 12.2. The molecule has 0 aliphatic rings. The smallest absolute Gasteiger partial charge is 0.224 e. The minimum absolute atomic E-state index is 0.00223. The summed E-state index contributed by atoms with van der Waals surface area (Å²) < 4.78 is 5.15. The number of hydrogen-bond donors (Lipinski definition) is 1. The molecular formula is C18H20ClNO2. The van der Waals surface area contributed by atoms with Gasteiger partial charge in [-0.2, -0.15) is 0 Å². The first-order valence-corrected chi connectivity index (χ1v) is 7.68. The van der Waals surface area contributed by atoms with Gasteiger partial charge in [0.15, 0.2) is 0 Å². The molecule has 116 valence electrons. The first-order valence-electron chi connectivity index (χ1n) is 7.30. The third kappa shape index (κ3) is 4.50. The van der Waals surface area contributed by atoms with Crippen molar-refractivity contribution in [1.82, 2.24) is 5.32 Å². The molecule has 2 aromatic carbocycles. The highest BCUT2D eigenvalue weighted by Gasteiger charge is 2.13. The summed E-state index contributed by atoms with van der Waals surface area (Å²) in [7, 11) is 1.64. The number of amides is 1. The third-order valence-electron chi connectivity index (χ3n) is 3.52. The standard InChI is InChI=1S/C18H20ClNO2/c1-3-17(14-7-9-16(22-2)10-8-14)20-18(21)12-13-5-4-6-15(19)11-13/h4-11,17H,3,12H2,1-2H3,(H,20,21)/t17-/m0/s1. The van der Waals surface area contributed by atoms with E-state index >= 15 is 0 Å². The zero-order valence-electron chi connectivity index (χ0n) is 12.8. The van der Waals surface area contributed by atoms with Gasteiger partial charge in [0.2, 0.25) is 5.91 Å². The summed E-state index contributed by atoms with van der Waals surface area (Å²) in [6, 6.07) is 15.1. The van der Waals surface area contributed by atoms with Crippen molar-refractivity contribution in [2.75, 3.05) is 7.11 Å². The molecule has 2 aromatic rings. The number of ether oxygens (including phenoxy) is 1. The van der Waals surface area contributed by atoms with Crippen molar-refractivity contribution in [2.45, 2.75) is 25.8 Å². The number of rotatable bonds is 6. The predicted octanol–water partition coefficient (Wildman–Crippen LogP) is 4.16. The number of carbonyl (C=O) groups excluding carboxylic acids is 1. The van der Waals surface area contributed by atoms with E-state index in [1.54, 1.807) is 13.2 Å². The average molecular weight is 318 g/mol. The van der Waals surface area contributed by atoms with Gasteiger partial charge in [-0.25, -0.2) is 0 Å². The van der Waals surface area contributed by atoms with E-state index in [0.29, 0.717) is 11.4 Å². The van der Waals surface area contributed by atoms with Crippen molar-refractivity contribution in [1.29, 1.82) is 0 Å². The number of halogens is 1. The van der Waals surface area contributed by atoms with E-state index in [1.807, 2.05) is 42.5 Å². The van der Waals surface area contributed by atoms with Crippen LogP contribution in [-0.2, 0) is 11.2 Å². The highest BCUT2D eigenvalue weighted by molar-refractivity contribution is 6.30. The largest absolute Gasteiger partial charge is 0.497 e. The van der Waals surface area contributed by atoms with Crippen LogP contribution in [0.3, 0.4) is 0 Å². The lowest BCUT2D eigenvalue weighted by Gasteiger charge is -2.18. The highest BCUT2D eigenvalue weighted by Crippen LogP contribution is 2.20. The molecule has 1 N–H and O–H groups in total. The number of hydrogen-bond acceptors (Lipinski definition) is 2. The SMILES string of the molecule is CC[C@H](NC(=O)Cc1cccc(Cl)c1)c1ccc(OC)cc1. The van der Waals surface area contributed by atoms with Crippen molar-refractivity contribution < 1.29 is 9.53 Å². The van der Waals surface area contributed by atoms with Crippen LogP contribution < -0.4 is 10.1 Å². The maximum absolute atomic E-state index is 12.2. The molecule has 1 atom stereocenters. The zero-order chi connectivity index (χ0) is 15.9. The van der Waals surface area contributed by atoms with Crippen LogP contribution in [0.4, 0.5) is 0 Å². The zero-order valence-corrected chi connectivity index (χ0v) is 13.6. The van der Waals surface area contributed by atoms with E-state index in [9.17, 15) is 4.79 Å². The molecule has 3 nitrogen and oxygen atoms in total. The van der Waals surface area contributed by atoms with E-state index in [-0.39, 0.29) is 11.9 Å². The molecule has 22 heavy (non-hydrogen) atoms. The molecule has 4 heteroatoms. The van der Waals surface area contributed by atoms with Crippen LogP contribution in [-0.4, -0.2) is 13.0 Å². The molecule has 0 aliphatic heterocycles. The number of carbonyl (C=O) groups is 1. The second-order valence-electron chi connectivity index (χ2n) is 5.11. The van der Waals surface area contributed by atoms with Crippen molar-refractivity contribution in [2.24, 2.45) is 0 Å². The Hall–Kier alpha value is -2.00. The van der Waals surface area contributed by atoms with Crippen molar-refractivity contribution in [3.63, 3.8) is 0 Å². The molecule has 0 aromatic heterocycles. The van der Waals surface area contributed by atoms with Gasteiger partial charge >= 0.3 is 0 Å². The molecular weight excluding hydrogens is 298 g/mol. The van der Waals surface area contributed by atoms with Gasteiger partial charge in [0.1, 0.15) is 5.75 Å². The monoisotopic (exact) mass is 317 g/mol. The van der Waals surface area contributed by atoms with Gasteiger partial charge in [-0.3, -0.25) is 4.79 Å². The Morgan fingerprint density at radius 1 is 1.23 bits per heavy atom. The van der Waals surface area contributed by atoms with Gasteiger partial charge in [0.05, 0.1) is 19.6 Å². The summed E-state index contributed by atoms with van der Waals surface area (Å²) in [6.45, 7) is 2.05. The molecule has 0 saturated heterocycles. The van der Waals surface area contributed by atoms with Gasteiger partial charge < -0.3 is 10.1 Å². The van der Waals surface area contributed by atoms with Crippen LogP contribution in [0.25, 0.3) is 0 Å². The van der Waals surface area contributed by atoms with Crippen LogP contribution in [0.5, 0.6) is 5.75 Å². The maximum Gasteiger partial charge on any atom is 0.224 e. The topological polar surface area (TPSA) is 38.3 Å². The Labute approximate surface area is 136 Å². The first-order chi connectivity index (χ1) is 10.6. The number of methoxy groups -OCH3 is 1. The van der Waals surface area contributed by atoms with Gasteiger partial charge in [0, 0.05) is 5.02 Å². The molecule has 0 radical (unpaired) electrons. The van der Waals surface area contributed by atoms with Crippen LogP contribution in [0.15, 0.2) is 48.5 Å². The minimum Gasteiger partial charge on any atom is -0.497 e. The van der Waals surface area contributed by atoms with Gasteiger partial charge in [-0.05, 0) is 41.8 Å². The van der Waals surface area contributed by atoms with Crippen molar-refractivity contribution in [3.8, 4) is 5.75 Å². The summed E-state index contributed by atoms with van der Waals surface area (Å²) in [5, 5.41) is 3.71. The molecule has 0 fully saturated rings. The molecule has 0 aliphatic carbocycles. The summed E-state index contributed by atoms with van der Waals surface area (Å²) >= 11 is 5.94. The molecule has 0 bridgehead atoms. The maximum atomic E-state index is 12.2. The molecule has 0 spiro atoms. The van der Waals surface area contributed by atoms with Gasteiger partial charge in [-0.15, -0.1) is 0 Å². The van der Waals surface area contributed by atoms with E-state index in [0.717, 1.165) is 23.3 Å². The first kappa shape index (κ1) is 16.4. The minimum atomic E-state index is -0.00932. The molecule has 0 unspecified atom stereocenters. The summed E-state index contributed by atoms with van der Waals surface area (Å²) in [5.74, 6) is 0.800. The fourth-order valence-corrected chi connectivity index (χ4v) is 2.55. The fraction of sp³-hybridized carbons (Fsp3) is 0.278. The predicted molar refractivity (Wildman–Crippen MR) is 89.3 cm³/mol. The fourth-order valence-electron chi connectivity index (χ4n) is 2.33. The lowest BCUT2D eigenvalue weighted by molar-refractivity contribution is -0.121. The second kappa shape index (κ2) is 7.85. The van der Waals surface area contributed by atoms with Crippen LogP contribution in [0.1, 0.15) is 30.5 Å². The Morgan fingerprint density at radius 2 is 1.95 bits per heavy atom. The Bertz CT molecular complexity index is 625. The van der Waals surface area contributed by atoms with E-state index < -0.39 is 0 Å². The van der Waals surface area contributed by atoms with E-state index in [1.165, 1.54) is 0 Å². The van der Waals surface area contributed by atoms with Crippen molar-refractivity contribution >= 4 is 17.5 Å². The third-order valence-corrected chi connectivity index (χ3v) is 3.75. The normalized spacial score (nSPS) is 11.8. The average Bonchev–Trinajstić information content (AvgIpc) is 2.53.